The van der Waals surface area contributed by atoms with Gasteiger partial charge in [0.15, 0.2) is 5.78 Å². The molecule has 0 spiro atoms. The van der Waals surface area contributed by atoms with Gasteiger partial charge in [-0.25, -0.2) is 0 Å². The topological polar surface area (TPSA) is 69.5 Å². The minimum Gasteiger partial charge on any atom is -0.468 e. The summed E-state index contributed by atoms with van der Waals surface area (Å²) in [6, 6.07) is 9.51. The van der Waals surface area contributed by atoms with Gasteiger partial charge in [-0.2, -0.15) is 0 Å². The smallest absolute Gasteiger partial charge is 0.270 e. The van der Waals surface area contributed by atoms with Crippen molar-refractivity contribution in [3.05, 3.63) is 70.1 Å². The number of H-pyrrole nitrogens is 1. The molecule has 146 valence electrons. The van der Waals surface area contributed by atoms with Crippen LogP contribution < -0.4 is 0 Å². The summed E-state index contributed by atoms with van der Waals surface area (Å²) in [7, 11) is 0. The first kappa shape index (κ1) is 18.7. The number of furan rings is 1. The molecule has 0 bridgehead atoms. The van der Waals surface area contributed by atoms with Gasteiger partial charge in [0.05, 0.1) is 19.4 Å². The summed E-state index contributed by atoms with van der Waals surface area (Å²) >= 11 is 1.67. The Bertz CT molecular complexity index is 873. The Morgan fingerprint density at radius 1 is 1.18 bits per heavy atom. The first-order valence-corrected chi connectivity index (χ1v) is 10.3. The van der Waals surface area contributed by atoms with Crippen LogP contribution in [0.1, 0.15) is 44.3 Å². The van der Waals surface area contributed by atoms with Crippen LogP contribution in [-0.4, -0.2) is 46.1 Å². The molecule has 1 fully saturated rings. The molecule has 0 radical (unpaired) electrons. The molecule has 6 nitrogen and oxygen atoms in total. The number of nitrogens with one attached hydrogen (secondary N) is 1. The summed E-state index contributed by atoms with van der Waals surface area (Å²) in [5.74, 6) is 0.783. The highest BCUT2D eigenvalue weighted by atomic mass is 32.1. The highest BCUT2D eigenvalue weighted by molar-refractivity contribution is 7.09. The van der Waals surface area contributed by atoms with E-state index >= 15 is 0 Å². The van der Waals surface area contributed by atoms with Crippen LogP contribution in [0.4, 0.5) is 0 Å². The monoisotopic (exact) mass is 397 g/mol. The van der Waals surface area contributed by atoms with Gasteiger partial charge in [-0.1, -0.05) is 6.07 Å². The average Bonchev–Trinajstić information content (AvgIpc) is 3.49. The van der Waals surface area contributed by atoms with Gasteiger partial charge in [-0.3, -0.25) is 14.5 Å². The molecule has 28 heavy (non-hydrogen) atoms. The van der Waals surface area contributed by atoms with Crippen molar-refractivity contribution in [2.45, 2.75) is 25.9 Å². The van der Waals surface area contributed by atoms with Crippen LogP contribution in [-0.2, 0) is 13.1 Å². The molecule has 3 aromatic heterocycles. The molecule has 3 aromatic rings. The Morgan fingerprint density at radius 3 is 2.75 bits per heavy atom. The molecule has 1 aliphatic heterocycles. The van der Waals surface area contributed by atoms with Crippen molar-refractivity contribution in [3.8, 4) is 0 Å². The molecule has 0 atom stereocenters. The zero-order valence-electron chi connectivity index (χ0n) is 15.6. The molecular formula is C21H23N3O3S. The number of carbonyl (C=O) groups is 2. The van der Waals surface area contributed by atoms with Crippen molar-refractivity contribution < 1.29 is 14.0 Å². The molecule has 0 saturated carbocycles. The third-order valence-electron chi connectivity index (χ3n) is 4.91. The maximum atomic E-state index is 12.9. The number of thiophene rings is 1. The molecular weight excluding hydrogens is 374 g/mol. The lowest BCUT2D eigenvalue weighted by molar-refractivity contribution is 0.0787. The number of rotatable bonds is 8. The number of aromatic nitrogens is 1. The molecule has 0 unspecified atom stereocenters. The number of likely N-dealkylation sites (tertiary alicyclic amines) is 1. The molecule has 1 amide bonds. The van der Waals surface area contributed by atoms with Crippen molar-refractivity contribution in [3.63, 3.8) is 0 Å². The lowest BCUT2D eigenvalue weighted by Gasteiger charge is -2.19. The highest BCUT2D eigenvalue weighted by Crippen LogP contribution is 2.17. The third kappa shape index (κ3) is 4.43. The number of carbonyl (C=O) groups excluding carboxylic acids is 2. The maximum Gasteiger partial charge on any atom is 0.270 e. The molecule has 7 heteroatoms. The number of nitrogens with zero attached hydrogens (tertiary/aromatic N) is 2. The van der Waals surface area contributed by atoms with Crippen molar-refractivity contribution in [2.24, 2.45) is 0 Å². The van der Waals surface area contributed by atoms with E-state index in [1.807, 2.05) is 28.5 Å². The summed E-state index contributed by atoms with van der Waals surface area (Å²) in [5.41, 5.74) is 1.03. The zero-order valence-corrected chi connectivity index (χ0v) is 16.4. The summed E-state index contributed by atoms with van der Waals surface area (Å²) in [6.07, 6.45) is 5.37. The largest absolute Gasteiger partial charge is 0.468 e. The SMILES string of the molecule is O=C(CN(Cc1ccco1)Cc1cccs1)c1c[nH]c(C(=O)N2CCCC2)c1. The zero-order chi connectivity index (χ0) is 19.3. The predicted molar refractivity (Wildman–Crippen MR) is 107 cm³/mol. The lowest BCUT2D eigenvalue weighted by Crippen LogP contribution is -2.29. The summed E-state index contributed by atoms with van der Waals surface area (Å²) < 4.78 is 5.46. The van der Waals surface area contributed by atoms with Crippen molar-refractivity contribution >= 4 is 23.0 Å². The predicted octanol–water partition coefficient (Wildman–Crippen LogP) is 3.79. The van der Waals surface area contributed by atoms with Gasteiger partial charge in [-0.15, -0.1) is 11.3 Å². The molecule has 0 aromatic carbocycles. The van der Waals surface area contributed by atoms with Gasteiger partial charge in [0.2, 0.25) is 0 Å². The Morgan fingerprint density at radius 2 is 2.04 bits per heavy atom. The Labute approximate surface area is 167 Å². The fourth-order valence-electron chi connectivity index (χ4n) is 3.48. The van der Waals surface area contributed by atoms with Gasteiger partial charge in [0.25, 0.3) is 5.91 Å². The van der Waals surface area contributed by atoms with Crippen LogP contribution in [0, 0.1) is 0 Å². The minimum absolute atomic E-state index is 0.0140. The number of amides is 1. The first-order chi connectivity index (χ1) is 13.7. The van der Waals surface area contributed by atoms with Gasteiger partial charge in [-0.05, 0) is 42.5 Å². The number of aromatic amines is 1. The van der Waals surface area contributed by atoms with Crippen LogP contribution in [0.2, 0.25) is 0 Å². The van der Waals surface area contributed by atoms with Crippen molar-refractivity contribution in [1.82, 2.24) is 14.8 Å². The second-order valence-corrected chi connectivity index (χ2v) is 8.06. The van der Waals surface area contributed by atoms with Crippen molar-refractivity contribution in [1.29, 1.82) is 0 Å². The van der Waals surface area contributed by atoms with E-state index in [4.69, 9.17) is 4.42 Å². The molecule has 0 aliphatic carbocycles. The molecule has 4 rings (SSSR count). The first-order valence-electron chi connectivity index (χ1n) is 9.47. The normalized spacial score (nSPS) is 14.1. The van der Waals surface area contributed by atoms with E-state index in [-0.39, 0.29) is 18.2 Å². The Balaban J connectivity index is 1.44. The van der Waals surface area contributed by atoms with Crippen LogP contribution in [0.5, 0.6) is 0 Å². The second-order valence-electron chi connectivity index (χ2n) is 7.03. The van der Waals surface area contributed by atoms with E-state index in [9.17, 15) is 9.59 Å². The summed E-state index contributed by atoms with van der Waals surface area (Å²) in [6.45, 7) is 3.07. The Hall–Kier alpha value is -2.64. The summed E-state index contributed by atoms with van der Waals surface area (Å²) in [5, 5.41) is 2.03. The molecule has 4 heterocycles. The quantitative estimate of drug-likeness (QED) is 0.587. The van der Waals surface area contributed by atoms with Crippen LogP contribution in [0.25, 0.3) is 0 Å². The number of ketones is 1. The second kappa shape index (κ2) is 8.58. The number of hydrogen-bond donors (Lipinski definition) is 1. The van der Waals surface area contributed by atoms with Gasteiger partial charge >= 0.3 is 0 Å². The Kier molecular flexibility index (Phi) is 5.73. The van der Waals surface area contributed by atoms with E-state index in [1.54, 1.807) is 29.9 Å². The molecule has 1 aliphatic rings. The maximum absolute atomic E-state index is 12.9. The fourth-order valence-corrected chi connectivity index (χ4v) is 4.22. The molecule has 1 N–H and O–H groups in total. The number of hydrogen-bond acceptors (Lipinski definition) is 5. The van der Waals surface area contributed by atoms with Gasteiger partial charge < -0.3 is 14.3 Å². The fraction of sp³-hybridized carbons (Fsp3) is 0.333. The molecule has 1 saturated heterocycles. The lowest BCUT2D eigenvalue weighted by atomic mass is 10.2. The van der Waals surface area contributed by atoms with Crippen LogP contribution in [0.15, 0.2) is 52.6 Å². The minimum atomic E-state index is -0.0254. The number of Topliss-reactive ketones (excluding diaryl/α,β-unsaturated/α-hetero) is 1. The average molecular weight is 398 g/mol. The van der Waals surface area contributed by atoms with Crippen molar-refractivity contribution in [2.75, 3.05) is 19.6 Å². The third-order valence-corrected chi connectivity index (χ3v) is 5.78. The standard InChI is InChI=1S/C21H23N3O3S/c25-20(16-11-19(22-12-16)21(26)24-7-1-2-8-24)15-23(13-17-5-3-9-27-17)14-18-6-4-10-28-18/h3-6,9-12,22H,1-2,7-8,13-15H2. The van der Waals surface area contributed by atoms with Gasteiger partial charge in [0.1, 0.15) is 11.5 Å². The summed E-state index contributed by atoms with van der Waals surface area (Å²) in [4.78, 5) is 33.4. The van der Waals surface area contributed by atoms with Gasteiger partial charge in [0, 0.05) is 36.3 Å². The highest BCUT2D eigenvalue weighted by Gasteiger charge is 2.22. The van der Waals surface area contributed by atoms with E-state index in [2.05, 4.69) is 16.0 Å². The van der Waals surface area contributed by atoms with Crippen LogP contribution >= 0.6 is 11.3 Å². The van der Waals surface area contributed by atoms with E-state index in [0.717, 1.165) is 31.7 Å². The van der Waals surface area contributed by atoms with E-state index in [1.165, 1.54) is 4.88 Å². The van der Waals surface area contributed by atoms with Crippen LogP contribution in [0.3, 0.4) is 0 Å². The van der Waals surface area contributed by atoms with E-state index in [0.29, 0.717) is 24.3 Å². The van der Waals surface area contributed by atoms with E-state index < -0.39 is 0 Å².